The van der Waals surface area contributed by atoms with E-state index in [0.717, 1.165) is 45.7 Å². The van der Waals surface area contributed by atoms with Crippen molar-refractivity contribution in [1.82, 2.24) is 15.1 Å². The summed E-state index contributed by atoms with van der Waals surface area (Å²) in [5.74, 6) is 0.316. The van der Waals surface area contributed by atoms with Crippen molar-refractivity contribution in [2.75, 3.05) is 45.8 Å². The lowest BCUT2D eigenvalue weighted by molar-refractivity contribution is -0.132. The molecule has 0 saturated carbocycles. The monoisotopic (exact) mass is 269 g/mol. The molecule has 1 aliphatic heterocycles. The Morgan fingerprint density at radius 3 is 2.42 bits per heavy atom. The van der Waals surface area contributed by atoms with Crippen molar-refractivity contribution in [2.24, 2.45) is 0 Å². The Morgan fingerprint density at radius 1 is 1.11 bits per heavy atom. The van der Waals surface area contributed by atoms with E-state index in [4.69, 9.17) is 0 Å². The third-order valence-corrected chi connectivity index (χ3v) is 3.71. The molecule has 0 aromatic rings. The predicted octanol–water partition coefficient (Wildman–Crippen LogP) is 1.71. The van der Waals surface area contributed by atoms with Crippen LogP contribution in [0.15, 0.2) is 0 Å². The van der Waals surface area contributed by atoms with Crippen LogP contribution >= 0.6 is 0 Å². The summed E-state index contributed by atoms with van der Waals surface area (Å²) < 4.78 is 0. The summed E-state index contributed by atoms with van der Waals surface area (Å²) in [6.45, 7) is 10.9. The minimum Gasteiger partial charge on any atom is -0.340 e. The molecule has 1 amide bonds. The summed E-state index contributed by atoms with van der Waals surface area (Å²) in [5.41, 5.74) is 0. The van der Waals surface area contributed by atoms with Gasteiger partial charge >= 0.3 is 0 Å². The molecule has 0 aromatic heterocycles. The lowest BCUT2D eigenvalue weighted by Crippen LogP contribution is -2.42. The first-order valence-corrected chi connectivity index (χ1v) is 7.98. The molecule has 0 unspecified atom stereocenters. The van der Waals surface area contributed by atoms with Gasteiger partial charge in [-0.2, -0.15) is 0 Å². The second kappa shape index (κ2) is 10.2. The number of rotatable bonds is 8. The number of nitrogens with one attached hydrogen (secondary N) is 1. The molecule has 0 bridgehead atoms. The first kappa shape index (κ1) is 16.4. The molecule has 1 rings (SSSR count). The van der Waals surface area contributed by atoms with Crippen LogP contribution in [-0.4, -0.2) is 61.5 Å². The van der Waals surface area contributed by atoms with Crippen LogP contribution < -0.4 is 5.32 Å². The highest BCUT2D eigenvalue weighted by molar-refractivity contribution is 5.78. The van der Waals surface area contributed by atoms with Gasteiger partial charge in [0.25, 0.3) is 0 Å². The first-order valence-electron chi connectivity index (χ1n) is 7.98. The van der Waals surface area contributed by atoms with E-state index in [1.807, 2.05) is 4.90 Å². The van der Waals surface area contributed by atoms with Crippen molar-refractivity contribution in [3.63, 3.8) is 0 Å². The molecule has 112 valence electrons. The molecule has 1 heterocycles. The van der Waals surface area contributed by atoms with Crippen molar-refractivity contribution >= 4 is 5.91 Å². The number of hydrogen-bond donors (Lipinski definition) is 1. The summed E-state index contributed by atoms with van der Waals surface area (Å²) in [5, 5.41) is 3.35. The van der Waals surface area contributed by atoms with Gasteiger partial charge < -0.3 is 10.2 Å². The predicted molar refractivity (Wildman–Crippen MR) is 80.3 cm³/mol. The number of carbonyl (C=O) groups is 1. The highest BCUT2D eigenvalue weighted by atomic mass is 16.2. The molecule has 1 fully saturated rings. The largest absolute Gasteiger partial charge is 0.340 e. The van der Waals surface area contributed by atoms with Crippen molar-refractivity contribution in [3.05, 3.63) is 0 Å². The number of hydrogen-bond acceptors (Lipinski definition) is 3. The molecule has 4 heteroatoms. The van der Waals surface area contributed by atoms with E-state index in [0.29, 0.717) is 12.5 Å². The fourth-order valence-corrected chi connectivity index (χ4v) is 2.42. The topological polar surface area (TPSA) is 35.6 Å². The van der Waals surface area contributed by atoms with E-state index in [2.05, 4.69) is 24.1 Å². The lowest BCUT2D eigenvalue weighted by Gasteiger charge is -2.26. The maximum absolute atomic E-state index is 12.3. The van der Waals surface area contributed by atoms with Gasteiger partial charge in [-0.25, -0.2) is 0 Å². The first-order chi connectivity index (χ1) is 9.27. The highest BCUT2D eigenvalue weighted by Crippen LogP contribution is 2.03. The summed E-state index contributed by atoms with van der Waals surface area (Å²) >= 11 is 0. The van der Waals surface area contributed by atoms with Crippen molar-refractivity contribution in [3.8, 4) is 0 Å². The third kappa shape index (κ3) is 6.92. The molecule has 0 aromatic carbocycles. The van der Waals surface area contributed by atoms with Gasteiger partial charge in [-0.15, -0.1) is 0 Å². The average Bonchev–Trinajstić information content (AvgIpc) is 2.70. The van der Waals surface area contributed by atoms with E-state index < -0.39 is 0 Å². The maximum atomic E-state index is 12.3. The van der Waals surface area contributed by atoms with Gasteiger partial charge in [0.2, 0.25) is 5.91 Å². The van der Waals surface area contributed by atoms with E-state index >= 15 is 0 Å². The number of carbonyl (C=O) groups excluding carboxylic acids is 1. The van der Waals surface area contributed by atoms with E-state index in [9.17, 15) is 4.79 Å². The van der Waals surface area contributed by atoms with Crippen molar-refractivity contribution < 1.29 is 4.79 Å². The van der Waals surface area contributed by atoms with Crippen LogP contribution in [0.1, 0.15) is 46.0 Å². The Balaban J connectivity index is 2.38. The van der Waals surface area contributed by atoms with Crippen LogP contribution in [0.25, 0.3) is 0 Å². The fraction of sp³-hybridized carbons (Fsp3) is 0.933. The van der Waals surface area contributed by atoms with Gasteiger partial charge in [-0.1, -0.05) is 26.7 Å². The van der Waals surface area contributed by atoms with Crippen molar-refractivity contribution in [1.29, 1.82) is 0 Å². The average molecular weight is 269 g/mol. The van der Waals surface area contributed by atoms with Crippen LogP contribution in [0, 0.1) is 0 Å². The number of nitrogens with zero attached hydrogens (tertiary/aromatic N) is 2. The summed E-state index contributed by atoms with van der Waals surface area (Å²) in [7, 11) is 0. The Labute approximate surface area is 118 Å². The molecule has 4 nitrogen and oxygen atoms in total. The highest BCUT2D eigenvalue weighted by Gasteiger charge is 2.17. The standard InChI is InChI=1S/C15H31N3O/c1-3-5-10-17(11-6-4-2)14-15(19)18-12-7-8-16-9-13-18/h16H,3-14H2,1-2H3. The normalized spacial score (nSPS) is 16.7. The van der Waals surface area contributed by atoms with Crippen LogP contribution in [0.3, 0.4) is 0 Å². The lowest BCUT2D eigenvalue weighted by atomic mass is 10.2. The van der Waals surface area contributed by atoms with Gasteiger partial charge in [0, 0.05) is 19.6 Å². The molecular formula is C15H31N3O. The van der Waals surface area contributed by atoms with E-state index in [1.165, 1.54) is 25.7 Å². The van der Waals surface area contributed by atoms with Crippen molar-refractivity contribution in [2.45, 2.75) is 46.0 Å². The number of unbranched alkanes of at least 4 members (excludes halogenated alkanes) is 2. The van der Waals surface area contributed by atoms with E-state index in [-0.39, 0.29) is 0 Å². The molecular weight excluding hydrogens is 238 g/mol. The summed E-state index contributed by atoms with van der Waals surface area (Å²) in [6.07, 6.45) is 5.86. The van der Waals surface area contributed by atoms with Gasteiger partial charge in [0.05, 0.1) is 6.54 Å². The van der Waals surface area contributed by atoms with Crippen LogP contribution in [0.2, 0.25) is 0 Å². The van der Waals surface area contributed by atoms with Gasteiger partial charge in [-0.3, -0.25) is 9.69 Å². The molecule has 19 heavy (non-hydrogen) atoms. The SMILES string of the molecule is CCCCN(CCCC)CC(=O)N1CCCNCC1. The zero-order valence-electron chi connectivity index (χ0n) is 12.8. The molecule has 0 radical (unpaired) electrons. The van der Waals surface area contributed by atoms with E-state index in [1.54, 1.807) is 0 Å². The zero-order valence-corrected chi connectivity index (χ0v) is 12.8. The fourth-order valence-electron chi connectivity index (χ4n) is 2.42. The minimum atomic E-state index is 0.316. The van der Waals surface area contributed by atoms with Crippen LogP contribution in [0.4, 0.5) is 0 Å². The van der Waals surface area contributed by atoms with Gasteiger partial charge in [-0.05, 0) is 38.9 Å². The zero-order chi connectivity index (χ0) is 13.9. The Kier molecular flexibility index (Phi) is 8.84. The Bertz CT molecular complexity index is 230. The smallest absolute Gasteiger partial charge is 0.236 e. The molecule has 0 spiro atoms. The Morgan fingerprint density at radius 2 is 1.79 bits per heavy atom. The molecule has 1 saturated heterocycles. The van der Waals surface area contributed by atoms with Gasteiger partial charge in [0.15, 0.2) is 0 Å². The second-order valence-corrected chi connectivity index (χ2v) is 5.47. The maximum Gasteiger partial charge on any atom is 0.236 e. The van der Waals surface area contributed by atoms with Gasteiger partial charge in [0.1, 0.15) is 0 Å². The minimum absolute atomic E-state index is 0.316. The molecule has 1 N–H and O–H groups in total. The summed E-state index contributed by atoms with van der Waals surface area (Å²) in [6, 6.07) is 0. The molecule has 0 atom stereocenters. The van der Waals surface area contributed by atoms with Crippen LogP contribution in [-0.2, 0) is 4.79 Å². The molecule has 0 aliphatic carbocycles. The second-order valence-electron chi connectivity index (χ2n) is 5.47. The number of amides is 1. The third-order valence-electron chi connectivity index (χ3n) is 3.71. The summed E-state index contributed by atoms with van der Waals surface area (Å²) in [4.78, 5) is 16.7. The quantitative estimate of drug-likeness (QED) is 0.728. The van der Waals surface area contributed by atoms with Crippen LogP contribution in [0.5, 0.6) is 0 Å². The molecule has 1 aliphatic rings. The Hall–Kier alpha value is -0.610.